The van der Waals surface area contributed by atoms with Crippen LogP contribution in [0.1, 0.15) is 19.4 Å². The number of rotatable bonds is 4. The van der Waals surface area contributed by atoms with Gasteiger partial charge in [0.05, 0.1) is 19.2 Å². The molecule has 0 atom stereocenters. The van der Waals surface area contributed by atoms with Gasteiger partial charge in [-0.1, -0.05) is 17.7 Å². The lowest BCUT2D eigenvalue weighted by Gasteiger charge is -2.43. The third kappa shape index (κ3) is 3.03. The van der Waals surface area contributed by atoms with Gasteiger partial charge in [0.1, 0.15) is 0 Å². The van der Waals surface area contributed by atoms with Gasteiger partial charge in [-0.05, 0) is 25.5 Å². The zero-order valence-electron chi connectivity index (χ0n) is 12.6. The fraction of sp³-hybridized carbons (Fsp3) is 0.600. The number of piperazine rings is 1. The van der Waals surface area contributed by atoms with E-state index < -0.39 is 0 Å². The Kier molecular flexibility index (Phi) is 4.78. The third-order valence-electron chi connectivity index (χ3n) is 3.90. The van der Waals surface area contributed by atoms with Gasteiger partial charge in [-0.25, -0.2) is 0 Å². The molecule has 0 aliphatic carbocycles. The lowest BCUT2D eigenvalue weighted by atomic mass is 9.99. The van der Waals surface area contributed by atoms with E-state index in [-0.39, 0.29) is 5.54 Å². The molecule has 0 amide bonds. The van der Waals surface area contributed by atoms with Gasteiger partial charge in [0.25, 0.3) is 0 Å². The number of nitrogens with one attached hydrogen (secondary N) is 1. The lowest BCUT2D eigenvalue weighted by Crippen LogP contribution is -2.57. The van der Waals surface area contributed by atoms with Crippen LogP contribution in [0, 0.1) is 0 Å². The van der Waals surface area contributed by atoms with Crippen LogP contribution in [-0.2, 0) is 6.54 Å². The Morgan fingerprint density at radius 1 is 1.30 bits per heavy atom. The number of ether oxygens (including phenoxy) is 2. The van der Waals surface area contributed by atoms with Crippen LogP contribution < -0.4 is 14.8 Å². The molecule has 5 heteroatoms. The molecule has 0 bridgehead atoms. The van der Waals surface area contributed by atoms with E-state index in [9.17, 15) is 0 Å². The highest BCUT2D eigenvalue weighted by molar-refractivity contribution is 6.33. The molecule has 0 spiro atoms. The second kappa shape index (κ2) is 6.20. The molecule has 1 aromatic rings. The summed E-state index contributed by atoms with van der Waals surface area (Å²) in [6.45, 7) is 8.30. The summed E-state index contributed by atoms with van der Waals surface area (Å²) in [5, 5.41) is 4.07. The maximum Gasteiger partial charge on any atom is 0.179 e. The Hall–Kier alpha value is -0.970. The fourth-order valence-corrected chi connectivity index (χ4v) is 2.87. The Morgan fingerprint density at radius 3 is 2.65 bits per heavy atom. The van der Waals surface area contributed by atoms with Crippen LogP contribution in [0.4, 0.5) is 0 Å². The van der Waals surface area contributed by atoms with Gasteiger partial charge in [-0.2, -0.15) is 0 Å². The van der Waals surface area contributed by atoms with E-state index in [0.29, 0.717) is 16.5 Å². The summed E-state index contributed by atoms with van der Waals surface area (Å²) in [7, 11) is 3.23. The van der Waals surface area contributed by atoms with Crippen LogP contribution in [0.25, 0.3) is 0 Å². The van der Waals surface area contributed by atoms with Crippen LogP contribution in [0.2, 0.25) is 5.02 Å². The normalized spacial score (nSPS) is 18.9. The zero-order valence-corrected chi connectivity index (χ0v) is 13.4. The summed E-state index contributed by atoms with van der Waals surface area (Å²) in [5.74, 6) is 1.28. The van der Waals surface area contributed by atoms with Crippen molar-refractivity contribution in [1.29, 1.82) is 0 Å². The third-order valence-corrected chi connectivity index (χ3v) is 4.31. The molecule has 112 valence electrons. The van der Waals surface area contributed by atoms with Gasteiger partial charge in [0, 0.05) is 31.7 Å². The average molecular weight is 299 g/mol. The lowest BCUT2D eigenvalue weighted by molar-refractivity contribution is 0.0827. The summed E-state index contributed by atoms with van der Waals surface area (Å²) in [6, 6.07) is 3.93. The second-order valence-corrected chi connectivity index (χ2v) is 6.06. The SMILES string of the molecule is COc1ccc(CN2CCNCC2(C)C)c(Cl)c1OC. The van der Waals surface area contributed by atoms with Gasteiger partial charge in [-0.15, -0.1) is 0 Å². The first-order valence-corrected chi connectivity index (χ1v) is 7.22. The molecule has 1 heterocycles. The number of halogens is 1. The van der Waals surface area contributed by atoms with E-state index in [0.717, 1.165) is 31.7 Å². The highest BCUT2D eigenvalue weighted by atomic mass is 35.5. The molecule has 1 N–H and O–H groups in total. The number of nitrogens with zero attached hydrogens (tertiary/aromatic N) is 1. The highest BCUT2D eigenvalue weighted by Crippen LogP contribution is 2.38. The van der Waals surface area contributed by atoms with Crippen molar-refractivity contribution in [2.45, 2.75) is 25.9 Å². The van der Waals surface area contributed by atoms with Crippen LogP contribution >= 0.6 is 11.6 Å². The van der Waals surface area contributed by atoms with E-state index in [4.69, 9.17) is 21.1 Å². The molecular weight excluding hydrogens is 276 g/mol. The standard InChI is InChI=1S/C15H23ClN2O2/c1-15(2)10-17-7-8-18(15)9-11-5-6-12(19-3)14(20-4)13(11)16/h5-6,17H,7-10H2,1-4H3. The smallest absolute Gasteiger partial charge is 0.179 e. The Morgan fingerprint density at radius 2 is 2.05 bits per heavy atom. The van der Waals surface area contributed by atoms with E-state index in [1.165, 1.54) is 0 Å². The van der Waals surface area contributed by atoms with Crippen molar-refractivity contribution in [2.75, 3.05) is 33.9 Å². The maximum absolute atomic E-state index is 6.46. The minimum atomic E-state index is 0.120. The van der Waals surface area contributed by atoms with E-state index in [1.807, 2.05) is 12.1 Å². The minimum absolute atomic E-state index is 0.120. The molecular formula is C15H23ClN2O2. The van der Waals surface area contributed by atoms with Crippen molar-refractivity contribution < 1.29 is 9.47 Å². The molecule has 1 saturated heterocycles. The number of hydrogen-bond acceptors (Lipinski definition) is 4. The van der Waals surface area contributed by atoms with Crippen molar-refractivity contribution >= 4 is 11.6 Å². The number of methoxy groups -OCH3 is 2. The van der Waals surface area contributed by atoms with Crippen molar-refractivity contribution in [3.63, 3.8) is 0 Å². The zero-order chi connectivity index (χ0) is 14.8. The first-order valence-electron chi connectivity index (χ1n) is 6.84. The summed E-state index contributed by atoms with van der Waals surface area (Å²) in [6.07, 6.45) is 0. The second-order valence-electron chi connectivity index (χ2n) is 5.68. The monoisotopic (exact) mass is 298 g/mol. The van der Waals surface area contributed by atoms with Crippen LogP contribution in [0.5, 0.6) is 11.5 Å². The first-order chi connectivity index (χ1) is 9.49. The van der Waals surface area contributed by atoms with Crippen LogP contribution in [0.15, 0.2) is 12.1 Å². The van der Waals surface area contributed by atoms with Gasteiger partial charge in [0.2, 0.25) is 0 Å². The maximum atomic E-state index is 6.46. The summed E-state index contributed by atoms with van der Waals surface area (Å²) in [4.78, 5) is 2.44. The summed E-state index contributed by atoms with van der Waals surface area (Å²) in [5.41, 5.74) is 1.19. The van der Waals surface area contributed by atoms with Crippen LogP contribution in [0.3, 0.4) is 0 Å². The van der Waals surface area contributed by atoms with E-state index in [2.05, 4.69) is 24.1 Å². The molecule has 2 rings (SSSR count). The molecule has 1 aliphatic heterocycles. The highest BCUT2D eigenvalue weighted by Gasteiger charge is 2.30. The van der Waals surface area contributed by atoms with Gasteiger partial charge in [0.15, 0.2) is 11.5 Å². The molecule has 0 saturated carbocycles. The summed E-state index contributed by atoms with van der Waals surface area (Å²) < 4.78 is 10.6. The Labute approximate surface area is 126 Å². The molecule has 1 fully saturated rings. The molecule has 0 unspecified atom stereocenters. The molecule has 0 aromatic heterocycles. The minimum Gasteiger partial charge on any atom is -0.493 e. The van der Waals surface area contributed by atoms with Gasteiger partial charge >= 0.3 is 0 Å². The molecule has 0 radical (unpaired) electrons. The van der Waals surface area contributed by atoms with Crippen molar-refractivity contribution in [1.82, 2.24) is 10.2 Å². The molecule has 20 heavy (non-hydrogen) atoms. The van der Waals surface area contributed by atoms with E-state index in [1.54, 1.807) is 14.2 Å². The Balaban J connectivity index is 2.25. The number of hydrogen-bond donors (Lipinski definition) is 1. The Bertz CT molecular complexity index is 477. The average Bonchev–Trinajstić information content (AvgIpc) is 2.42. The summed E-state index contributed by atoms with van der Waals surface area (Å²) >= 11 is 6.46. The van der Waals surface area contributed by atoms with Crippen LogP contribution in [-0.4, -0.2) is 44.3 Å². The predicted molar refractivity (Wildman–Crippen MR) is 81.9 cm³/mol. The van der Waals surface area contributed by atoms with Crippen molar-refractivity contribution in [3.05, 3.63) is 22.7 Å². The molecule has 4 nitrogen and oxygen atoms in total. The topological polar surface area (TPSA) is 33.7 Å². The quantitative estimate of drug-likeness (QED) is 0.926. The van der Waals surface area contributed by atoms with Gasteiger partial charge in [-0.3, -0.25) is 4.90 Å². The molecule has 1 aliphatic rings. The fourth-order valence-electron chi connectivity index (χ4n) is 2.57. The largest absolute Gasteiger partial charge is 0.493 e. The molecule has 1 aromatic carbocycles. The van der Waals surface area contributed by atoms with Crippen molar-refractivity contribution in [2.24, 2.45) is 0 Å². The van der Waals surface area contributed by atoms with E-state index >= 15 is 0 Å². The predicted octanol–water partition coefficient (Wildman–Crippen LogP) is 2.54. The van der Waals surface area contributed by atoms with Crippen molar-refractivity contribution in [3.8, 4) is 11.5 Å². The number of benzene rings is 1. The van der Waals surface area contributed by atoms with Gasteiger partial charge < -0.3 is 14.8 Å². The first kappa shape index (κ1) is 15.4.